The Balaban J connectivity index is 1.63. The molecule has 2 aromatic carbocycles. The second-order valence-corrected chi connectivity index (χ2v) is 6.77. The van der Waals surface area contributed by atoms with Gasteiger partial charge in [0, 0.05) is 23.4 Å². The number of rotatable bonds is 6. The Labute approximate surface area is 156 Å². The lowest BCUT2D eigenvalue weighted by Crippen LogP contribution is -2.03. The van der Waals surface area contributed by atoms with E-state index in [2.05, 4.69) is 32.3 Å². The molecule has 126 valence electrons. The summed E-state index contributed by atoms with van der Waals surface area (Å²) in [7, 11) is 0. The summed E-state index contributed by atoms with van der Waals surface area (Å²) in [5.74, 6) is 0.823. The third-order valence-electron chi connectivity index (χ3n) is 3.50. The van der Waals surface area contributed by atoms with Crippen LogP contribution < -0.4 is 0 Å². The molecule has 0 aliphatic heterocycles. The number of benzene rings is 2. The summed E-state index contributed by atoms with van der Waals surface area (Å²) in [5, 5.41) is 9.78. The molecule has 0 N–H and O–H groups in total. The molecule has 3 aromatic rings. The number of aromatic nitrogens is 3. The van der Waals surface area contributed by atoms with Gasteiger partial charge in [0.2, 0.25) is 5.16 Å². The van der Waals surface area contributed by atoms with Gasteiger partial charge < -0.3 is 0 Å². The SMILES string of the molecule is Cc1nnc(SCc2ccccc2)nc1CC=Nc1ccc(Cl)cc1. The Kier molecular flexibility index (Phi) is 6.14. The van der Waals surface area contributed by atoms with Crippen LogP contribution in [0.25, 0.3) is 0 Å². The third kappa shape index (κ3) is 5.37. The van der Waals surface area contributed by atoms with Crippen molar-refractivity contribution in [2.24, 2.45) is 4.99 Å². The Morgan fingerprint density at radius 2 is 1.80 bits per heavy atom. The summed E-state index contributed by atoms with van der Waals surface area (Å²) in [4.78, 5) is 9.04. The fourth-order valence-corrected chi connectivity index (χ4v) is 3.02. The van der Waals surface area contributed by atoms with E-state index in [9.17, 15) is 0 Å². The Hall–Kier alpha value is -2.24. The zero-order chi connectivity index (χ0) is 17.5. The Morgan fingerprint density at radius 3 is 2.56 bits per heavy atom. The van der Waals surface area contributed by atoms with Crippen molar-refractivity contribution in [3.8, 4) is 0 Å². The van der Waals surface area contributed by atoms with Gasteiger partial charge >= 0.3 is 0 Å². The number of aryl methyl sites for hydroxylation is 1. The molecule has 0 saturated carbocycles. The predicted octanol–water partition coefficient (Wildman–Crippen LogP) is 5.07. The molecule has 4 nitrogen and oxygen atoms in total. The number of thioether (sulfide) groups is 1. The van der Waals surface area contributed by atoms with Crippen molar-refractivity contribution in [3.63, 3.8) is 0 Å². The maximum Gasteiger partial charge on any atom is 0.209 e. The fraction of sp³-hybridized carbons (Fsp3) is 0.158. The molecule has 1 aromatic heterocycles. The van der Waals surface area contributed by atoms with E-state index in [-0.39, 0.29) is 0 Å². The van der Waals surface area contributed by atoms with Gasteiger partial charge in [0.05, 0.1) is 17.1 Å². The molecule has 0 radical (unpaired) electrons. The molecule has 0 saturated heterocycles. The molecule has 6 heteroatoms. The summed E-state index contributed by atoms with van der Waals surface area (Å²) in [6.45, 7) is 1.91. The lowest BCUT2D eigenvalue weighted by molar-refractivity contribution is 0.782. The molecule has 0 amide bonds. The lowest BCUT2D eigenvalue weighted by Gasteiger charge is -2.04. The van der Waals surface area contributed by atoms with Crippen LogP contribution in [0.4, 0.5) is 5.69 Å². The van der Waals surface area contributed by atoms with E-state index in [0.717, 1.165) is 22.8 Å². The third-order valence-corrected chi connectivity index (χ3v) is 4.66. The summed E-state index contributed by atoms with van der Waals surface area (Å²) in [5.41, 5.74) is 3.82. The number of hydrogen-bond acceptors (Lipinski definition) is 5. The molecule has 0 aliphatic carbocycles. The van der Waals surface area contributed by atoms with Crippen molar-refractivity contribution < 1.29 is 0 Å². The summed E-state index contributed by atoms with van der Waals surface area (Å²) < 4.78 is 0. The number of nitrogens with zero attached hydrogens (tertiary/aromatic N) is 4. The van der Waals surface area contributed by atoms with Crippen LogP contribution in [0.2, 0.25) is 5.02 Å². The van der Waals surface area contributed by atoms with Gasteiger partial charge in [-0.25, -0.2) is 4.98 Å². The zero-order valence-electron chi connectivity index (χ0n) is 13.8. The highest BCUT2D eigenvalue weighted by Crippen LogP contribution is 2.19. The van der Waals surface area contributed by atoms with Crippen LogP contribution in [-0.2, 0) is 12.2 Å². The average Bonchev–Trinajstić information content (AvgIpc) is 2.64. The largest absolute Gasteiger partial charge is 0.261 e. The van der Waals surface area contributed by atoms with E-state index >= 15 is 0 Å². The van der Waals surface area contributed by atoms with Crippen molar-refractivity contribution in [2.75, 3.05) is 0 Å². The monoisotopic (exact) mass is 368 g/mol. The predicted molar refractivity (Wildman–Crippen MR) is 104 cm³/mol. The van der Waals surface area contributed by atoms with Crippen molar-refractivity contribution in [3.05, 3.63) is 76.6 Å². The normalized spacial score (nSPS) is 11.1. The average molecular weight is 369 g/mol. The minimum absolute atomic E-state index is 0.614. The van der Waals surface area contributed by atoms with Crippen LogP contribution in [0.5, 0.6) is 0 Å². The van der Waals surface area contributed by atoms with Gasteiger partial charge in [-0.1, -0.05) is 53.7 Å². The van der Waals surface area contributed by atoms with E-state index in [1.165, 1.54) is 5.56 Å². The van der Waals surface area contributed by atoms with Crippen LogP contribution in [0.1, 0.15) is 17.0 Å². The van der Waals surface area contributed by atoms with E-state index in [1.54, 1.807) is 11.8 Å². The summed E-state index contributed by atoms with van der Waals surface area (Å²) >= 11 is 7.46. The highest BCUT2D eigenvalue weighted by Gasteiger charge is 2.06. The molecule has 3 rings (SSSR count). The number of hydrogen-bond donors (Lipinski definition) is 0. The molecular weight excluding hydrogens is 352 g/mol. The van der Waals surface area contributed by atoms with Gasteiger partial charge in [0.1, 0.15) is 0 Å². The van der Waals surface area contributed by atoms with Gasteiger partial charge in [-0.05, 0) is 36.8 Å². The van der Waals surface area contributed by atoms with Crippen LogP contribution in [0, 0.1) is 6.92 Å². The van der Waals surface area contributed by atoms with E-state index in [0.29, 0.717) is 16.6 Å². The first-order chi connectivity index (χ1) is 12.2. The maximum absolute atomic E-state index is 5.87. The second-order valence-electron chi connectivity index (χ2n) is 5.39. The number of halogens is 1. The molecule has 1 heterocycles. The highest BCUT2D eigenvalue weighted by atomic mass is 35.5. The van der Waals surface area contributed by atoms with Gasteiger partial charge in [-0.2, -0.15) is 5.10 Å². The first kappa shape index (κ1) is 17.6. The first-order valence-corrected chi connectivity index (χ1v) is 9.22. The van der Waals surface area contributed by atoms with Crippen LogP contribution in [-0.4, -0.2) is 21.4 Å². The molecule has 0 unspecified atom stereocenters. The van der Waals surface area contributed by atoms with E-state index in [4.69, 9.17) is 11.6 Å². The smallest absolute Gasteiger partial charge is 0.209 e. The quantitative estimate of drug-likeness (QED) is 0.450. The fourth-order valence-electron chi connectivity index (χ4n) is 2.14. The molecule has 25 heavy (non-hydrogen) atoms. The number of aliphatic imine (C=N–C) groups is 1. The standard InChI is InChI=1S/C19H17ClN4S/c1-14-18(11-12-21-17-9-7-16(20)8-10-17)22-19(24-23-14)25-13-15-5-3-2-4-6-15/h2-10,12H,11,13H2,1H3. The van der Waals surface area contributed by atoms with Crippen molar-refractivity contribution in [2.45, 2.75) is 24.3 Å². The highest BCUT2D eigenvalue weighted by molar-refractivity contribution is 7.98. The Morgan fingerprint density at radius 1 is 1.04 bits per heavy atom. The van der Waals surface area contributed by atoms with Gasteiger partial charge in [0.15, 0.2) is 0 Å². The summed E-state index contributed by atoms with van der Waals surface area (Å²) in [6.07, 6.45) is 2.45. The van der Waals surface area contributed by atoms with Crippen molar-refractivity contribution in [1.29, 1.82) is 0 Å². The molecule has 0 bridgehead atoms. The topological polar surface area (TPSA) is 51.0 Å². The van der Waals surface area contributed by atoms with Gasteiger partial charge in [-0.3, -0.25) is 4.99 Å². The summed E-state index contributed by atoms with van der Waals surface area (Å²) in [6, 6.07) is 17.7. The van der Waals surface area contributed by atoms with Crippen molar-refractivity contribution >= 4 is 35.3 Å². The minimum Gasteiger partial charge on any atom is -0.261 e. The first-order valence-electron chi connectivity index (χ1n) is 7.86. The molecular formula is C19H17ClN4S. The van der Waals surface area contributed by atoms with Crippen molar-refractivity contribution in [1.82, 2.24) is 15.2 Å². The van der Waals surface area contributed by atoms with Crippen LogP contribution in [0.15, 0.2) is 64.7 Å². The molecule has 0 aliphatic rings. The van der Waals surface area contributed by atoms with E-state index < -0.39 is 0 Å². The van der Waals surface area contributed by atoms with Crippen LogP contribution in [0.3, 0.4) is 0 Å². The molecule has 0 spiro atoms. The minimum atomic E-state index is 0.614. The molecule has 0 fully saturated rings. The van der Waals surface area contributed by atoms with E-state index in [1.807, 2.05) is 55.6 Å². The van der Waals surface area contributed by atoms with Gasteiger partial charge in [-0.15, -0.1) is 5.10 Å². The molecule has 0 atom stereocenters. The maximum atomic E-state index is 5.87. The second kappa shape index (κ2) is 8.74. The van der Waals surface area contributed by atoms with Crippen LogP contribution >= 0.6 is 23.4 Å². The zero-order valence-corrected chi connectivity index (χ0v) is 15.3. The Bertz CT molecular complexity index is 851. The van der Waals surface area contributed by atoms with Gasteiger partial charge in [0.25, 0.3) is 0 Å². The lowest BCUT2D eigenvalue weighted by atomic mass is 10.2.